The van der Waals surface area contributed by atoms with Crippen molar-refractivity contribution in [1.82, 2.24) is 0 Å². The minimum absolute atomic E-state index is 0.345. The predicted molar refractivity (Wildman–Crippen MR) is 85.0 cm³/mol. The lowest BCUT2D eigenvalue weighted by Crippen LogP contribution is -2.48. The van der Waals surface area contributed by atoms with Crippen LogP contribution in [0.1, 0.15) is 32.1 Å². The van der Waals surface area contributed by atoms with Crippen LogP contribution in [-0.4, -0.2) is 5.79 Å². The molecule has 2 heteroatoms. The molecule has 2 aromatic carbocycles. The van der Waals surface area contributed by atoms with Crippen molar-refractivity contribution in [1.29, 1.82) is 0 Å². The predicted octanol–water partition coefficient (Wildman–Crippen LogP) is 4.76. The van der Waals surface area contributed by atoms with Crippen molar-refractivity contribution >= 4 is 10.8 Å². The van der Waals surface area contributed by atoms with Crippen molar-refractivity contribution in [2.75, 3.05) is 0 Å². The van der Waals surface area contributed by atoms with Crippen molar-refractivity contribution in [2.45, 2.75) is 37.9 Å². The second kappa shape index (κ2) is 3.79. The Labute approximate surface area is 130 Å². The molecule has 5 atom stereocenters. The molecule has 0 N–H and O–H groups in total. The Morgan fingerprint density at radius 1 is 0.955 bits per heavy atom. The van der Waals surface area contributed by atoms with Gasteiger partial charge in [-0.25, -0.2) is 0 Å². The number of fused-ring (bicyclic) bond motifs is 9. The van der Waals surface area contributed by atoms with Gasteiger partial charge in [0.1, 0.15) is 0 Å². The molecule has 2 aromatic rings. The second-order valence-electron chi connectivity index (χ2n) is 7.69. The summed E-state index contributed by atoms with van der Waals surface area (Å²) in [6, 6.07) is 12.7. The summed E-state index contributed by atoms with van der Waals surface area (Å²) < 4.78 is 13.1. The largest absolute Gasteiger partial charge is 0.448 e. The Hall–Kier alpha value is -1.70. The molecule has 3 saturated carbocycles. The molecule has 2 bridgehead atoms. The van der Waals surface area contributed by atoms with Crippen LogP contribution in [0.4, 0.5) is 0 Å². The van der Waals surface area contributed by atoms with E-state index < -0.39 is 0 Å². The summed E-state index contributed by atoms with van der Waals surface area (Å²) >= 11 is 0. The highest BCUT2D eigenvalue weighted by atomic mass is 16.7. The van der Waals surface area contributed by atoms with Gasteiger partial charge in [-0.2, -0.15) is 0 Å². The van der Waals surface area contributed by atoms with Gasteiger partial charge in [0, 0.05) is 17.7 Å². The second-order valence-corrected chi connectivity index (χ2v) is 7.69. The van der Waals surface area contributed by atoms with Gasteiger partial charge < -0.3 is 9.47 Å². The summed E-state index contributed by atoms with van der Waals surface area (Å²) in [5.41, 5.74) is 0. The molecule has 112 valence electrons. The highest BCUT2D eigenvalue weighted by Gasteiger charge is 2.66. The third-order valence-electron chi connectivity index (χ3n) is 6.82. The van der Waals surface area contributed by atoms with E-state index >= 15 is 0 Å². The smallest absolute Gasteiger partial charge is 0.255 e. The molecule has 1 spiro atoms. The highest BCUT2D eigenvalue weighted by molar-refractivity contribution is 5.91. The van der Waals surface area contributed by atoms with E-state index in [2.05, 4.69) is 36.4 Å². The molecule has 5 unspecified atom stereocenters. The van der Waals surface area contributed by atoms with Crippen LogP contribution in [0, 0.1) is 23.7 Å². The maximum atomic E-state index is 6.59. The summed E-state index contributed by atoms with van der Waals surface area (Å²) in [7, 11) is 0. The van der Waals surface area contributed by atoms with Crippen molar-refractivity contribution in [3.05, 3.63) is 36.4 Å². The first-order valence-electron chi connectivity index (χ1n) is 8.74. The zero-order valence-corrected chi connectivity index (χ0v) is 12.6. The van der Waals surface area contributed by atoms with Crippen LogP contribution >= 0.6 is 0 Å². The monoisotopic (exact) mass is 292 g/mol. The Morgan fingerprint density at radius 3 is 2.86 bits per heavy atom. The number of ether oxygens (including phenoxy) is 2. The molecule has 0 radical (unpaired) electrons. The molecule has 2 nitrogen and oxygen atoms in total. The van der Waals surface area contributed by atoms with Crippen LogP contribution in [-0.2, 0) is 0 Å². The van der Waals surface area contributed by atoms with Crippen molar-refractivity contribution in [2.24, 2.45) is 23.7 Å². The summed E-state index contributed by atoms with van der Waals surface area (Å²) in [6.45, 7) is 0. The van der Waals surface area contributed by atoms with Crippen LogP contribution in [0.25, 0.3) is 10.8 Å². The molecular formula is C20H20O2. The van der Waals surface area contributed by atoms with Gasteiger partial charge in [-0.1, -0.05) is 36.8 Å². The van der Waals surface area contributed by atoms with Crippen LogP contribution < -0.4 is 9.47 Å². The van der Waals surface area contributed by atoms with E-state index in [9.17, 15) is 0 Å². The fourth-order valence-corrected chi connectivity index (χ4v) is 6.06. The SMILES string of the molecule is c1ccc2c3c(ccc2c1)OC1(CC2CC1C1CCCC21)O3. The molecule has 0 aromatic heterocycles. The average Bonchev–Trinajstić information content (AvgIpc) is 3.27. The van der Waals surface area contributed by atoms with Crippen LogP contribution in [0.2, 0.25) is 0 Å². The van der Waals surface area contributed by atoms with Gasteiger partial charge in [-0.15, -0.1) is 0 Å². The van der Waals surface area contributed by atoms with Crippen molar-refractivity contribution in [3.8, 4) is 11.5 Å². The van der Waals surface area contributed by atoms with Gasteiger partial charge in [0.25, 0.3) is 5.79 Å². The quantitative estimate of drug-likeness (QED) is 0.696. The molecule has 3 fully saturated rings. The molecular weight excluding hydrogens is 272 g/mol. The van der Waals surface area contributed by atoms with Gasteiger partial charge in [0.05, 0.1) is 0 Å². The minimum Gasteiger partial charge on any atom is -0.448 e. The molecule has 22 heavy (non-hydrogen) atoms. The zero-order chi connectivity index (χ0) is 14.3. The van der Waals surface area contributed by atoms with Crippen molar-refractivity contribution < 1.29 is 9.47 Å². The number of hydrogen-bond acceptors (Lipinski definition) is 2. The lowest BCUT2D eigenvalue weighted by atomic mass is 9.78. The first-order valence-corrected chi connectivity index (χ1v) is 8.74. The first-order chi connectivity index (χ1) is 10.8. The number of benzene rings is 2. The van der Waals surface area contributed by atoms with Gasteiger partial charge in [0.15, 0.2) is 11.5 Å². The summed E-state index contributed by atoms with van der Waals surface area (Å²) in [4.78, 5) is 0. The minimum atomic E-state index is -0.345. The summed E-state index contributed by atoms with van der Waals surface area (Å²) in [5, 5.41) is 2.44. The fraction of sp³-hybridized carbons (Fsp3) is 0.500. The van der Waals surface area contributed by atoms with E-state index in [0.717, 1.165) is 35.7 Å². The lowest BCUT2D eigenvalue weighted by molar-refractivity contribution is -0.141. The van der Waals surface area contributed by atoms with Crippen molar-refractivity contribution in [3.63, 3.8) is 0 Å². The van der Waals surface area contributed by atoms with Crippen LogP contribution in [0.15, 0.2) is 36.4 Å². The Balaban J connectivity index is 1.46. The third-order valence-corrected chi connectivity index (χ3v) is 6.82. The zero-order valence-electron chi connectivity index (χ0n) is 12.6. The Bertz CT molecular complexity index is 782. The summed E-state index contributed by atoms with van der Waals surface area (Å²) in [5.74, 6) is 4.85. The molecule has 0 amide bonds. The van der Waals surface area contributed by atoms with E-state index in [1.54, 1.807) is 0 Å². The van der Waals surface area contributed by atoms with Gasteiger partial charge in [-0.05, 0) is 48.5 Å². The van der Waals surface area contributed by atoms with E-state index in [1.807, 2.05) is 0 Å². The molecule has 0 saturated heterocycles. The molecule has 1 aliphatic heterocycles. The van der Waals surface area contributed by atoms with Gasteiger partial charge >= 0.3 is 0 Å². The standard InChI is InChI=1S/C20H20O2/c1-2-5-15-12(4-1)8-9-18-19(15)22-20(21-18)11-13-10-17(20)16-7-3-6-14(13)16/h1-2,4-5,8-9,13-14,16-17H,3,6-7,10-11H2. The highest BCUT2D eigenvalue weighted by Crippen LogP contribution is 2.65. The molecule has 4 aliphatic rings. The maximum absolute atomic E-state index is 6.59. The molecule has 3 aliphatic carbocycles. The summed E-state index contributed by atoms with van der Waals surface area (Å²) in [6.07, 6.45) is 6.66. The number of rotatable bonds is 0. The van der Waals surface area contributed by atoms with E-state index in [-0.39, 0.29) is 5.79 Å². The Kier molecular flexibility index (Phi) is 2.03. The Morgan fingerprint density at radius 2 is 1.86 bits per heavy atom. The van der Waals surface area contributed by atoms with Crippen LogP contribution in [0.3, 0.4) is 0 Å². The van der Waals surface area contributed by atoms with Gasteiger partial charge in [0.2, 0.25) is 0 Å². The molecule has 1 heterocycles. The lowest BCUT2D eigenvalue weighted by Gasteiger charge is -2.38. The van der Waals surface area contributed by atoms with E-state index in [0.29, 0.717) is 5.92 Å². The van der Waals surface area contributed by atoms with E-state index in [1.165, 1.54) is 36.5 Å². The first kappa shape index (κ1) is 11.8. The fourth-order valence-electron chi connectivity index (χ4n) is 6.06. The van der Waals surface area contributed by atoms with Crippen LogP contribution in [0.5, 0.6) is 11.5 Å². The molecule has 6 rings (SSSR count). The average molecular weight is 292 g/mol. The number of hydrogen-bond donors (Lipinski definition) is 0. The normalized spacial score (nSPS) is 40.7. The topological polar surface area (TPSA) is 18.5 Å². The third kappa shape index (κ3) is 1.28. The van der Waals surface area contributed by atoms with Gasteiger partial charge in [-0.3, -0.25) is 0 Å². The van der Waals surface area contributed by atoms with E-state index in [4.69, 9.17) is 9.47 Å². The maximum Gasteiger partial charge on any atom is 0.255 e.